The Balaban J connectivity index is 2.18. The zero-order chi connectivity index (χ0) is 15.5. The molecule has 0 aromatic heterocycles. The third-order valence-corrected chi connectivity index (χ3v) is 4.52. The van der Waals surface area contributed by atoms with Crippen LogP contribution in [0.2, 0.25) is 5.02 Å². The van der Waals surface area contributed by atoms with Gasteiger partial charge >= 0.3 is 6.18 Å². The van der Waals surface area contributed by atoms with Gasteiger partial charge in [0.05, 0.1) is 5.92 Å². The zero-order valence-corrected chi connectivity index (χ0v) is 12.8. The van der Waals surface area contributed by atoms with E-state index in [-0.39, 0.29) is 24.8 Å². The lowest BCUT2D eigenvalue weighted by molar-refractivity contribution is -0.186. The molecule has 118 valence electrons. The molecule has 1 aromatic carbocycles. The van der Waals surface area contributed by atoms with E-state index in [0.717, 1.165) is 18.5 Å². The largest absolute Gasteiger partial charge is 0.391 e. The van der Waals surface area contributed by atoms with E-state index in [0.29, 0.717) is 11.4 Å². The van der Waals surface area contributed by atoms with Crippen LogP contribution in [0.4, 0.5) is 13.2 Å². The molecule has 1 saturated carbocycles. The summed E-state index contributed by atoms with van der Waals surface area (Å²) in [6.45, 7) is 2.70. The maximum Gasteiger partial charge on any atom is 0.391 e. The lowest BCUT2D eigenvalue weighted by Gasteiger charge is -2.36. The molecular weight excluding hydrogens is 299 g/mol. The molecule has 0 amide bonds. The second-order valence-electron chi connectivity index (χ2n) is 5.76. The number of alkyl halides is 3. The van der Waals surface area contributed by atoms with Crippen LogP contribution in [0.5, 0.6) is 0 Å². The van der Waals surface area contributed by atoms with Gasteiger partial charge in [-0.3, -0.25) is 0 Å². The van der Waals surface area contributed by atoms with Crippen molar-refractivity contribution in [3.05, 3.63) is 34.9 Å². The van der Waals surface area contributed by atoms with E-state index in [4.69, 9.17) is 11.6 Å². The van der Waals surface area contributed by atoms with Crippen LogP contribution in [0.25, 0.3) is 0 Å². The van der Waals surface area contributed by atoms with Gasteiger partial charge in [0.1, 0.15) is 0 Å². The standard InChI is InChI=1S/C16H21ClF3N/c1-2-21-15(12-6-4-8-14(17)10-12)11-5-3-7-13(9-11)16(18,19)20/h4,6,8,10-11,13,15,21H,2-3,5,7,9H2,1H3. The van der Waals surface area contributed by atoms with Crippen molar-refractivity contribution in [3.63, 3.8) is 0 Å². The summed E-state index contributed by atoms with van der Waals surface area (Å²) in [5.41, 5.74) is 0.983. The Kier molecular flexibility index (Phi) is 5.55. The van der Waals surface area contributed by atoms with Crippen molar-refractivity contribution in [2.45, 2.75) is 44.8 Å². The molecule has 3 atom stereocenters. The van der Waals surface area contributed by atoms with Crippen LogP contribution in [-0.4, -0.2) is 12.7 Å². The van der Waals surface area contributed by atoms with Gasteiger partial charge in [0.2, 0.25) is 0 Å². The minimum atomic E-state index is -4.08. The van der Waals surface area contributed by atoms with Crippen LogP contribution in [0.3, 0.4) is 0 Å². The maximum atomic E-state index is 13.0. The Morgan fingerprint density at radius 2 is 2.10 bits per heavy atom. The first-order valence-corrected chi connectivity index (χ1v) is 7.85. The molecule has 3 unspecified atom stereocenters. The van der Waals surface area contributed by atoms with Gasteiger partial charge in [0.15, 0.2) is 0 Å². The molecule has 0 bridgehead atoms. The lowest BCUT2D eigenvalue weighted by Crippen LogP contribution is -2.35. The lowest BCUT2D eigenvalue weighted by atomic mass is 9.75. The molecule has 1 aliphatic rings. The Bertz CT molecular complexity index is 461. The summed E-state index contributed by atoms with van der Waals surface area (Å²) in [5.74, 6) is -1.17. The molecule has 0 radical (unpaired) electrons. The maximum absolute atomic E-state index is 13.0. The SMILES string of the molecule is CCNC(c1cccc(Cl)c1)C1CCCC(C(F)(F)F)C1. The number of benzene rings is 1. The van der Waals surface area contributed by atoms with Crippen LogP contribution in [0, 0.1) is 11.8 Å². The number of hydrogen-bond donors (Lipinski definition) is 1. The molecule has 0 spiro atoms. The molecule has 5 heteroatoms. The third kappa shape index (κ3) is 4.36. The molecule has 21 heavy (non-hydrogen) atoms. The third-order valence-electron chi connectivity index (χ3n) is 4.28. The highest BCUT2D eigenvalue weighted by Crippen LogP contribution is 2.44. The van der Waals surface area contributed by atoms with Crippen LogP contribution in [0.15, 0.2) is 24.3 Å². The van der Waals surface area contributed by atoms with E-state index >= 15 is 0 Å². The van der Waals surface area contributed by atoms with Crippen molar-refractivity contribution in [2.24, 2.45) is 11.8 Å². The monoisotopic (exact) mass is 319 g/mol. The van der Waals surface area contributed by atoms with E-state index in [1.54, 1.807) is 6.07 Å². The minimum absolute atomic E-state index is 0.00351. The second-order valence-corrected chi connectivity index (χ2v) is 6.19. The molecule has 1 aromatic rings. The minimum Gasteiger partial charge on any atom is -0.310 e. The van der Waals surface area contributed by atoms with Crippen LogP contribution < -0.4 is 5.32 Å². The first kappa shape index (κ1) is 16.6. The molecule has 1 aliphatic carbocycles. The van der Waals surface area contributed by atoms with Crippen molar-refractivity contribution < 1.29 is 13.2 Å². The van der Waals surface area contributed by atoms with Gasteiger partial charge in [-0.05, 0) is 49.4 Å². The van der Waals surface area contributed by atoms with Gasteiger partial charge in [0, 0.05) is 11.1 Å². The molecular formula is C16H21ClF3N. The average Bonchev–Trinajstić information content (AvgIpc) is 2.44. The van der Waals surface area contributed by atoms with Gasteiger partial charge in [-0.15, -0.1) is 0 Å². The number of halogens is 4. The second kappa shape index (κ2) is 7.01. The van der Waals surface area contributed by atoms with Gasteiger partial charge in [0.25, 0.3) is 0 Å². The summed E-state index contributed by atoms with van der Waals surface area (Å²) in [4.78, 5) is 0. The molecule has 0 aliphatic heterocycles. The Morgan fingerprint density at radius 1 is 1.33 bits per heavy atom. The summed E-state index contributed by atoms with van der Waals surface area (Å²) < 4.78 is 39.0. The Morgan fingerprint density at radius 3 is 2.71 bits per heavy atom. The van der Waals surface area contributed by atoms with Gasteiger partial charge < -0.3 is 5.32 Å². The molecule has 1 fully saturated rings. The molecule has 2 rings (SSSR count). The molecule has 1 N–H and O–H groups in total. The van der Waals surface area contributed by atoms with Gasteiger partial charge in [-0.25, -0.2) is 0 Å². The summed E-state index contributed by atoms with van der Waals surface area (Å²) in [7, 11) is 0. The highest BCUT2D eigenvalue weighted by Gasteiger charge is 2.43. The highest BCUT2D eigenvalue weighted by molar-refractivity contribution is 6.30. The fourth-order valence-corrected chi connectivity index (χ4v) is 3.50. The highest BCUT2D eigenvalue weighted by atomic mass is 35.5. The van der Waals surface area contributed by atoms with Crippen molar-refractivity contribution >= 4 is 11.6 Å². The zero-order valence-electron chi connectivity index (χ0n) is 12.1. The smallest absolute Gasteiger partial charge is 0.310 e. The van der Waals surface area contributed by atoms with Crippen LogP contribution in [-0.2, 0) is 0 Å². The van der Waals surface area contributed by atoms with Crippen LogP contribution in [0.1, 0.15) is 44.2 Å². The number of hydrogen-bond acceptors (Lipinski definition) is 1. The number of rotatable bonds is 4. The predicted molar refractivity (Wildman–Crippen MR) is 79.4 cm³/mol. The van der Waals surface area contributed by atoms with Crippen LogP contribution >= 0.6 is 11.6 Å². The van der Waals surface area contributed by atoms with Gasteiger partial charge in [-0.1, -0.05) is 37.1 Å². The Hall–Kier alpha value is -0.740. The van der Waals surface area contributed by atoms with E-state index in [1.807, 2.05) is 25.1 Å². The number of nitrogens with one attached hydrogen (secondary N) is 1. The Labute approximate surface area is 128 Å². The fourth-order valence-electron chi connectivity index (χ4n) is 3.30. The van der Waals surface area contributed by atoms with Crippen molar-refractivity contribution in [1.82, 2.24) is 5.32 Å². The van der Waals surface area contributed by atoms with Crippen molar-refractivity contribution in [2.75, 3.05) is 6.54 Å². The summed E-state index contributed by atoms with van der Waals surface area (Å²) in [5, 5.41) is 3.97. The average molecular weight is 320 g/mol. The molecule has 0 saturated heterocycles. The molecule has 1 nitrogen and oxygen atoms in total. The fraction of sp³-hybridized carbons (Fsp3) is 0.625. The van der Waals surface area contributed by atoms with E-state index < -0.39 is 12.1 Å². The van der Waals surface area contributed by atoms with Crippen molar-refractivity contribution in [1.29, 1.82) is 0 Å². The van der Waals surface area contributed by atoms with Gasteiger partial charge in [-0.2, -0.15) is 13.2 Å². The predicted octanol–water partition coefficient (Wildman–Crippen LogP) is 5.36. The summed E-state index contributed by atoms with van der Waals surface area (Å²) in [6, 6.07) is 7.38. The van der Waals surface area contributed by atoms with E-state index in [9.17, 15) is 13.2 Å². The summed E-state index contributed by atoms with van der Waals surface area (Å²) in [6.07, 6.45) is -2.15. The summed E-state index contributed by atoms with van der Waals surface area (Å²) >= 11 is 6.02. The first-order chi connectivity index (χ1) is 9.91. The van der Waals surface area contributed by atoms with E-state index in [2.05, 4.69) is 5.32 Å². The topological polar surface area (TPSA) is 12.0 Å². The van der Waals surface area contributed by atoms with E-state index in [1.165, 1.54) is 0 Å². The quantitative estimate of drug-likeness (QED) is 0.787. The first-order valence-electron chi connectivity index (χ1n) is 7.47. The van der Waals surface area contributed by atoms with Crippen molar-refractivity contribution in [3.8, 4) is 0 Å². The molecule has 0 heterocycles. The normalized spacial score (nSPS) is 24.8.